The predicted molar refractivity (Wildman–Crippen MR) is 125 cm³/mol. The van der Waals surface area contributed by atoms with Gasteiger partial charge >= 0.3 is 0 Å². The lowest BCUT2D eigenvalue weighted by atomic mass is 10.1. The van der Waals surface area contributed by atoms with Crippen LogP contribution in [0.4, 0.5) is 5.69 Å². The predicted octanol–water partition coefficient (Wildman–Crippen LogP) is 5.40. The van der Waals surface area contributed by atoms with Crippen molar-refractivity contribution in [2.75, 3.05) is 26.2 Å². The fourth-order valence-corrected chi connectivity index (χ4v) is 4.82. The van der Waals surface area contributed by atoms with Crippen molar-refractivity contribution < 1.29 is 9.53 Å². The highest BCUT2D eigenvalue weighted by Crippen LogP contribution is 2.39. The van der Waals surface area contributed by atoms with E-state index in [1.54, 1.807) is 0 Å². The van der Waals surface area contributed by atoms with Crippen molar-refractivity contribution in [3.63, 3.8) is 0 Å². The van der Waals surface area contributed by atoms with Gasteiger partial charge in [0.15, 0.2) is 5.75 Å². The van der Waals surface area contributed by atoms with Crippen molar-refractivity contribution in [1.82, 2.24) is 9.80 Å². The Balaban J connectivity index is 1.48. The molecule has 1 aromatic heterocycles. The first-order valence-electron chi connectivity index (χ1n) is 10.6. The van der Waals surface area contributed by atoms with E-state index in [2.05, 4.69) is 36.9 Å². The standard InChI is InChI=1S/C25H25N3O2S/c1-17-7-9-21-19(15-17)24(26-20-8-6-18(2)16-22(20)30-21)27-10-4-11-28(13-12-27)25(29)23-5-3-14-31-23/h3,5-9,14-16H,4,10-13H2,1-2H3. The summed E-state index contributed by atoms with van der Waals surface area (Å²) < 4.78 is 6.29. The minimum atomic E-state index is 0.125. The number of amidine groups is 1. The maximum absolute atomic E-state index is 12.9. The molecule has 6 heteroatoms. The Morgan fingerprint density at radius 1 is 0.968 bits per heavy atom. The summed E-state index contributed by atoms with van der Waals surface area (Å²) in [6.45, 7) is 7.17. The van der Waals surface area contributed by atoms with E-state index < -0.39 is 0 Å². The second-order valence-electron chi connectivity index (χ2n) is 8.12. The van der Waals surface area contributed by atoms with Gasteiger partial charge in [-0.15, -0.1) is 11.3 Å². The van der Waals surface area contributed by atoms with E-state index in [4.69, 9.17) is 9.73 Å². The fourth-order valence-electron chi connectivity index (χ4n) is 4.13. The molecule has 0 saturated carbocycles. The van der Waals surface area contributed by atoms with E-state index in [-0.39, 0.29) is 5.91 Å². The van der Waals surface area contributed by atoms with Gasteiger partial charge in [0, 0.05) is 26.2 Å². The van der Waals surface area contributed by atoms with Crippen LogP contribution >= 0.6 is 11.3 Å². The van der Waals surface area contributed by atoms with E-state index in [1.165, 1.54) is 16.9 Å². The van der Waals surface area contributed by atoms with Gasteiger partial charge in [0.1, 0.15) is 17.3 Å². The molecule has 5 nitrogen and oxygen atoms in total. The monoisotopic (exact) mass is 431 g/mol. The number of carbonyl (C=O) groups excluding carboxylic acids is 1. The van der Waals surface area contributed by atoms with Gasteiger partial charge in [0.25, 0.3) is 5.91 Å². The normalized spacial score (nSPS) is 15.9. The van der Waals surface area contributed by atoms with E-state index in [0.717, 1.165) is 65.1 Å². The summed E-state index contributed by atoms with van der Waals surface area (Å²) >= 11 is 1.50. The van der Waals surface area contributed by atoms with Gasteiger partial charge in [-0.3, -0.25) is 4.79 Å². The Labute approximate surface area is 186 Å². The molecule has 1 fully saturated rings. The minimum Gasteiger partial charge on any atom is -0.454 e. The molecular weight excluding hydrogens is 406 g/mol. The number of amides is 1. The lowest BCUT2D eigenvalue weighted by Crippen LogP contribution is -2.37. The van der Waals surface area contributed by atoms with Gasteiger partial charge in [-0.25, -0.2) is 4.99 Å². The maximum Gasteiger partial charge on any atom is 0.263 e. The molecule has 31 heavy (non-hydrogen) atoms. The summed E-state index contributed by atoms with van der Waals surface area (Å²) in [7, 11) is 0. The molecule has 2 aliphatic heterocycles. The fraction of sp³-hybridized carbons (Fsp3) is 0.280. The van der Waals surface area contributed by atoms with Crippen molar-refractivity contribution in [2.24, 2.45) is 4.99 Å². The molecule has 3 heterocycles. The Morgan fingerprint density at radius 3 is 2.65 bits per heavy atom. The van der Waals surface area contributed by atoms with Crippen LogP contribution in [0.15, 0.2) is 58.9 Å². The summed E-state index contributed by atoms with van der Waals surface area (Å²) in [6, 6.07) is 16.2. The average Bonchev–Trinajstić information content (AvgIpc) is 3.12. The van der Waals surface area contributed by atoms with Gasteiger partial charge in [-0.1, -0.05) is 23.8 Å². The van der Waals surface area contributed by atoms with Gasteiger partial charge in [-0.05, 0) is 61.5 Å². The number of thiophene rings is 1. The number of fused-ring (bicyclic) bond motifs is 2. The van der Waals surface area contributed by atoms with Gasteiger partial charge < -0.3 is 14.5 Å². The molecule has 0 atom stereocenters. The Morgan fingerprint density at radius 2 is 1.81 bits per heavy atom. The van der Waals surface area contributed by atoms with Crippen LogP contribution in [-0.4, -0.2) is 47.7 Å². The summed E-state index contributed by atoms with van der Waals surface area (Å²) in [4.78, 5) is 23.0. The highest BCUT2D eigenvalue weighted by molar-refractivity contribution is 7.12. The summed E-state index contributed by atoms with van der Waals surface area (Å²) in [5, 5.41) is 1.95. The van der Waals surface area contributed by atoms with E-state index in [9.17, 15) is 4.79 Å². The zero-order valence-electron chi connectivity index (χ0n) is 17.8. The molecule has 3 aromatic rings. The van der Waals surface area contributed by atoms with Crippen molar-refractivity contribution in [3.8, 4) is 11.5 Å². The molecule has 2 aromatic carbocycles. The van der Waals surface area contributed by atoms with Crippen LogP contribution < -0.4 is 4.74 Å². The van der Waals surface area contributed by atoms with Gasteiger partial charge in [-0.2, -0.15) is 0 Å². The molecule has 1 amide bonds. The van der Waals surface area contributed by atoms with E-state index in [0.29, 0.717) is 6.54 Å². The van der Waals surface area contributed by atoms with Crippen molar-refractivity contribution in [3.05, 3.63) is 75.5 Å². The Kier molecular flexibility index (Phi) is 5.24. The molecular formula is C25H25N3O2S. The van der Waals surface area contributed by atoms with Crippen LogP contribution in [-0.2, 0) is 0 Å². The highest BCUT2D eigenvalue weighted by Gasteiger charge is 2.26. The van der Waals surface area contributed by atoms with E-state index in [1.807, 2.05) is 40.6 Å². The SMILES string of the molecule is Cc1ccc2c(c1)Oc1ccc(C)cc1C(N1CCCN(C(=O)c3cccs3)CC1)=N2. The third kappa shape index (κ3) is 3.95. The molecule has 0 N–H and O–H groups in total. The number of carbonyl (C=O) groups is 1. The van der Waals surface area contributed by atoms with Crippen LogP contribution in [0.5, 0.6) is 11.5 Å². The molecule has 158 valence electrons. The quantitative estimate of drug-likeness (QED) is 0.518. The number of ether oxygens (including phenoxy) is 1. The van der Waals surface area contributed by atoms with Crippen LogP contribution in [0.25, 0.3) is 0 Å². The minimum absolute atomic E-state index is 0.125. The van der Waals surface area contributed by atoms with Crippen molar-refractivity contribution in [1.29, 1.82) is 0 Å². The van der Waals surface area contributed by atoms with Gasteiger partial charge in [0.2, 0.25) is 0 Å². The average molecular weight is 432 g/mol. The second kappa shape index (κ2) is 8.19. The number of rotatable bonds is 1. The first kappa shape index (κ1) is 19.8. The number of benzene rings is 2. The topological polar surface area (TPSA) is 45.1 Å². The molecule has 0 spiro atoms. The first-order valence-corrected chi connectivity index (χ1v) is 11.5. The van der Waals surface area contributed by atoms with Crippen molar-refractivity contribution >= 4 is 28.8 Å². The molecule has 5 rings (SSSR count). The number of aryl methyl sites for hydroxylation is 2. The molecule has 0 radical (unpaired) electrons. The highest BCUT2D eigenvalue weighted by atomic mass is 32.1. The maximum atomic E-state index is 12.9. The summed E-state index contributed by atoms with van der Waals surface area (Å²) in [5.41, 5.74) is 4.15. The largest absolute Gasteiger partial charge is 0.454 e. The number of hydrogen-bond acceptors (Lipinski definition) is 5. The number of hydrogen-bond donors (Lipinski definition) is 0. The molecule has 0 unspecified atom stereocenters. The van der Waals surface area contributed by atoms with Gasteiger partial charge in [0.05, 0.1) is 10.4 Å². The lowest BCUT2D eigenvalue weighted by molar-refractivity contribution is 0.0769. The first-order chi connectivity index (χ1) is 15.1. The molecule has 0 bridgehead atoms. The van der Waals surface area contributed by atoms with Crippen LogP contribution in [0, 0.1) is 13.8 Å². The van der Waals surface area contributed by atoms with Crippen molar-refractivity contribution in [2.45, 2.75) is 20.3 Å². The molecule has 2 aliphatic rings. The Hall–Kier alpha value is -3.12. The third-order valence-corrected chi connectivity index (χ3v) is 6.61. The van der Waals surface area contributed by atoms with Crippen LogP contribution in [0.2, 0.25) is 0 Å². The lowest BCUT2D eigenvalue weighted by Gasteiger charge is -2.25. The smallest absolute Gasteiger partial charge is 0.263 e. The summed E-state index contributed by atoms with van der Waals surface area (Å²) in [5.74, 6) is 2.65. The van der Waals surface area contributed by atoms with Crippen LogP contribution in [0.3, 0.4) is 0 Å². The number of nitrogens with zero attached hydrogens (tertiary/aromatic N) is 3. The number of aliphatic imine (C=N–C) groups is 1. The van der Waals surface area contributed by atoms with Crippen LogP contribution in [0.1, 0.15) is 32.8 Å². The third-order valence-electron chi connectivity index (χ3n) is 5.75. The molecule has 1 saturated heterocycles. The Bertz CT molecular complexity index is 1150. The van der Waals surface area contributed by atoms with E-state index >= 15 is 0 Å². The zero-order valence-corrected chi connectivity index (χ0v) is 18.6. The zero-order chi connectivity index (χ0) is 21.4. The second-order valence-corrected chi connectivity index (χ2v) is 9.07. The summed E-state index contributed by atoms with van der Waals surface area (Å²) in [6.07, 6.45) is 0.902. The molecule has 0 aliphatic carbocycles.